The van der Waals surface area contributed by atoms with Gasteiger partial charge in [0.05, 0.1) is 11.3 Å². The Morgan fingerprint density at radius 2 is 1.73 bits per heavy atom. The molecule has 1 aliphatic carbocycles. The monoisotopic (exact) mass is 359 g/mol. The third kappa shape index (κ3) is 1.82. The van der Waals surface area contributed by atoms with Crippen LogP contribution in [0.15, 0.2) is 72.1 Å². The fourth-order valence-corrected chi connectivity index (χ4v) is 5.54. The second-order valence-electron chi connectivity index (χ2n) is 6.95. The highest BCUT2D eigenvalue weighted by Crippen LogP contribution is 2.71. The van der Waals surface area contributed by atoms with Crippen LogP contribution in [0.5, 0.6) is 0 Å². The Morgan fingerprint density at radius 3 is 2.46 bits per heavy atom. The van der Waals surface area contributed by atoms with Crippen LogP contribution in [0.1, 0.15) is 26.7 Å². The lowest BCUT2D eigenvalue weighted by Crippen LogP contribution is -2.31. The molecule has 0 N–H and O–H groups in total. The van der Waals surface area contributed by atoms with E-state index >= 15 is 0 Å². The Bertz CT molecular complexity index is 1010. The lowest BCUT2D eigenvalue weighted by atomic mass is 9.91. The van der Waals surface area contributed by atoms with Crippen LogP contribution >= 0.6 is 11.3 Å². The number of para-hydroxylation sites is 1. The number of nitrogens with zero attached hydrogens (tertiary/aromatic N) is 1. The van der Waals surface area contributed by atoms with Crippen LogP contribution in [0.4, 0.5) is 5.69 Å². The molecule has 3 atom stereocenters. The van der Waals surface area contributed by atoms with Gasteiger partial charge in [-0.2, -0.15) is 0 Å². The highest BCUT2D eigenvalue weighted by molar-refractivity contribution is 7.10. The maximum absolute atomic E-state index is 13.4. The molecule has 5 rings (SSSR count). The van der Waals surface area contributed by atoms with E-state index in [9.17, 15) is 9.59 Å². The highest BCUT2D eigenvalue weighted by Gasteiger charge is 2.77. The molecule has 3 nitrogen and oxygen atoms in total. The molecule has 1 fully saturated rings. The number of likely N-dealkylation sites (N-methyl/N-ethyl adjacent to an activating group) is 1. The summed E-state index contributed by atoms with van der Waals surface area (Å²) >= 11 is 1.63. The molecule has 2 aromatic carbocycles. The van der Waals surface area contributed by atoms with E-state index in [1.807, 2.05) is 79.2 Å². The van der Waals surface area contributed by atoms with E-state index in [-0.39, 0.29) is 23.5 Å². The smallest absolute Gasteiger partial charge is 0.238 e. The molecule has 1 saturated carbocycles. The average Bonchev–Trinajstić information content (AvgIpc) is 2.97. The van der Waals surface area contributed by atoms with Crippen LogP contribution in [0, 0.1) is 5.92 Å². The molecule has 1 spiro atoms. The third-order valence-corrected chi connectivity index (χ3v) is 6.72. The van der Waals surface area contributed by atoms with Crippen molar-refractivity contribution < 1.29 is 9.59 Å². The average molecular weight is 359 g/mol. The zero-order valence-electron chi connectivity index (χ0n) is 14.3. The number of carbonyl (C=O) groups is 2. The Balaban J connectivity index is 1.70. The van der Waals surface area contributed by atoms with Crippen LogP contribution in [0.2, 0.25) is 0 Å². The maximum Gasteiger partial charge on any atom is 0.238 e. The molecule has 4 heteroatoms. The van der Waals surface area contributed by atoms with Gasteiger partial charge in [0.2, 0.25) is 5.91 Å². The molecular weight excluding hydrogens is 342 g/mol. The minimum absolute atomic E-state index is 0.0337. The van der Waals surface area contributed by atoms with Gasteiger partial charge in [0.25, 0.3) is 0 Å². The normalized spacial score (nSPS) is 26.2. The number of fused-ring (bicyclic) bond motifs is 2. The number of carbonyl (C=O) groups excluding carboxylic acids is 2. The van der Waals surface area contributed by atoms with E-state index in [0.29, 0.717) is 5.56 Å². The second-order valence-corrected chi connectivity index (χ2v) is 7.93. The molecule has 1 aliphatic heterocycles. The first kappa shape index (κ1) is 15.5. The molecule has 0 radical (unpaired) electrons. The lowest BCUT2D eigenvalue weighted by Gasteiger charge is -2.11. The van der Waals surface area contributed by atoms with Crippen molar-refractivity contribution in [3.63, 3.8) is 0 Å². The van der Waals surface area contributed by atoms with E-state index in [1.165, 1.54) is 0 Å². The van der Waals surface area contributed by atoms with Crippen molar-refractivity contribution in [2.45, 2.75) is 11.3 Å². The van der Waals surface area contributed by atoms with Gasteiger partial charge >= 0.3 is 0 Å². The Morgan fingerprint density at radius 1 is 1.00 bits per heavy atom. The van der Waals surface area contributed by atoms with Crippen molar-refractivity contribution in [2.24, 2.45) is 5.92 Å². The van der Waals surface area contributed by atoms with Crippen molar-refractivity contribution in [3.05, 3.63) is 88.1 Å². The van der Waals surface area contributed by atoms with Crippen LogP contribution in [-0.2, 0) is 10.2 Å². The number of amides is 1. The highest BCUT2D eigenvalue weighted by atomic mass is 32.1. The van der Waals surface area contributed by atoms with Crippen LogP contribution < -0.4 is 4.90 Å². The van der Waals surface area contributed by atoms with Crippen LogP contribution in [0.3, 0.4) is 0 Å². The number of ketones is 1. The number of anilines is 1. The summed E-state index contributed by atoms with van der Waals surface area (Å²) < 4.78 is 0. The van der Waals surface area contributed by atoms with Crippen molar-refractivity contribution in [3.8, 4) is 0 Å². The first-order valence-corrected chi connectivity index (χ1v) is 9.55. The van der Waals surface area contributed by atoms with Gasteiger partial charge < -0.3 is 4.90 Å². The zero-order valence-corrected chi connectivity index (χ0v) is 15.1. The molecule has 0 saturated heterocycles. The Kier molecular flexibility index (Phi) is 3.22. The third-order valence-electron chi connectivity index (χ3n) is 5.77. The second kappa shape index (κ2) is 5.39. The first-order valence-electron chi connectivity index (χ1n) is 8.67. The predicted molar refractivity (Wildman–Crippen MR) is 103 cm³/mol. The fraction of sp³-hybridized carbons (Fsp3) is 0.182. The summed E-state index contributed by atoms with van der Waals surface area (Å²) in [6.07, 6.45) is 0. The van der Waals surface area contributed by atoms with Crippen LogP contribution in [0.25, 0.3) is 0 Å². The van der Waals surface area contributed by atoms with Gasteiger partial charge in [-0.05, 0) is 23.1 Å². The van der Waals surface area contributed by atoms with Crippen molar-refractivity contribution in [2.75, 3.05) is 11.9 Å². The van der Waals surface area contributed by atoms with Gasteiger partial charge in [-0.3, -0.25) is 9.59 Å². The summed E-state index contributed by atoms with van der Waals surface area (Å²) in [5, 5.41) is 2.01. The van der Waals surface area contributed by atoms with E-state index in [4.69, 9.17) is 0 Å². The molecule has 0 bridgehead atoms. The van der Waals surface area contributed by atoms with Gasteiger partial charge in [0.1, 0.15) is 0 Å². The summed E-state index contributed by atoms with van der Waals surface area (Å²) in [7, 11) is 1.81. The number of benzene rings is 2. The van der Waals surface area contributed by atoms with Gasteiger partial charge in [-0.1, -0.05) is 54.6 Å². The fourth-order valence-electron chi connectivity index (χ4n) is 4.60. The number of thiophene rings is 1. The number of hydrogen-bond acceptors (Lipinski definition) is 3. The molecule has 3 aromatic rings. The summed E-state index contributed by atoms with van der Waals surface area (Å²) in [5.41, 5.74) is 1.82. The summed E-state index contributed by atoms with van der Waals surface area (Å²) in [6.45, 7) is 0. The molecule has 2 aliphatic rings. The van der Waals surface area contributed by atoms with Crippen molar-refractivity contribution in [1.82, 2.24) is 0 Å². The van der Waals surface area contributed by atoms with E-state index in [0.717, 1.165) is 16.1 Å². The van der Waals surface area contributed by atoms with Crippen LogP contribution in [-0.4, -0.2) is 18.7 Å². The van der Waals surface area contributed by atoms with Gasteiger partial charge in [0.15, 0.2) is 5.78 Å². The number of rotatable bonds is 3. The van der Waals surface area contributed by atoms with E-state index in [2.05, 4.69) is 0 Å². The topological polar surface area (TPSA) is 37.4 Å². The molecular formula is C22H17NO2S. The maximum atomic E-state index is 13.4. The number of hydrogen-bond donors (Lipinski definition) is 0. The molecule has 0 unspecified atom stereocenters. The molecule has 128 valence electrons. The van der Waals surface area contributed by atoms with E-state index < -0.39 is 5.41 Å². The molecule has 1 aromatic heterocycles. The van der Waals surface area contributed by atoms with Gasteiger partial charge in [0, 0.05) is 29.1 Å². The minimum Gasteiger partial charge on any atom is -0.314 e. The van der Waals surface area contributed by atoms with Crippen molar-refractivity contribution in [1.29, 1.82) is 0 Å². The first-order chi connectivity index (χ1) is 12.7. The van der Waals surface area contributed by atoms with Gasteiger partial charge in [-0.25, -0.2) is 0 Å². The SMILES string of the molecule is CN1C(=O)[C@@]2(c3ccccc31)[C@H](C(=O)c1ccccc1)[C@H]2c1cccs1. The summed E-state index contributed by atoms with van der Waals surface area (Å²) in [6, 6.07) is 21.3. The molecule has 26 heavy (non-hydrogen) atoms. The summed E-state index contributed by atoms with van der Waals surface area (Å²) in [5.74, 6) is -0.343. The summed E-state index contributed by atoms with van der Waals surface area (Å²) in [4.78, 5) is 29.6. The Hall–Kier alpha value is -2.72. The quantitative estimate of drug-likeness (QED) is 0.655. The predicted octanol–water partition coefficient (Wildman–Crippen LogP) is 4.26. The standard InChI is InChI=1S/C22H17NO2S/c1-23-16-11-6-5-10-15(16)22(21(23)25)18(17-12-7-13-26-17)19(22)20(24)14-8-3-2-4-9-14/h2-13,18-19H,1H3/t18-,19+,22-/m1/s1. The lowest BCUT2D eigenvalue weighted by molar-refractivity contribution is -0.120. The van der Waals surface area contributed by atoms with Crippen molar-refractivity contribution >= 4 is 28.7 Å². The Labute approximate surface area is 155 Å². The largest absolute Gasteiger partial charge is 0.314 e. The molecule has 2 heterocycles. The minimum atomic E-state index is -0.761. The molecule has 1 amide bonds. The van der Waals surface area contributed by atoms with E-state index in [1.54, 1.807) is 16.2 Å². The van der Waals surface area contributed by atoms with Gasteiger partial charge in [-0.15, -0.1) is 11.3 Å². The number of Topliss-reactive ketones (excluding diaryl/α,β-unsaturated/α-hetero) is 1. The zero-order chi connectivity index (χ0) is 17.9.